The van der Waals surface area contributed by atoms with Crippen molar-refractivity contribution in [2.45, 2.75) is 32.4 Å². The van der Waals surface area contributed by atoms with Gasteiger partial charge in [-0.25, -0.2) is 9.59 Å². The molecule has 0 fully saturated rings. The van der Waals surface area contributed by atoms with E-state index in [1.54, 1.807) is 11.3 Å². The molecule has 0 bridgehead atoms. The SMILES string of the molecule is CCc1ccc(CNC(=O)N[C@H](CCO)C(=O)O)s1. The highest BCUT2D eigenvalue weighted by Gasteiger charge is 2.18. The molecule has 0 aliphatic heterocycles. The molecule has 0 saturated heterocycles. The Labute approximate surface area is 115 Å². The molecule has 106 valence electrons. The molecule has 1 atom stereocenters. The molecule has 0 spiro atoms. The first kappa shape index (κ1) is 15.5. The number of aliphatic hydroxyl groups is 1. The zero-order chi connectivity index (χ0) is 14.3. The molecule has 1 aromatic rings. The van der Waals surface area contributed by atoms with E-state index in [1.165, 1.54) is 4.88 Å². The highest BCUT2D eigenvalue weighted by atomic mass is 32.1. The summed E-state index contributed by atoms with van der Waals surface area (Å²) in [4.78, 5) is 24.6. The highest BCUT2D eigenvalue weighted by molar-refractivity contribution is 7.11. The summed E-state index contributed by atoms with van der Waals surface area (Å²) in [7, 11) is 0. The van der Waals surface area contributed by atoms with Crippen molar-refractivity contribution in [3.05, 3.63) is 21.9 Å². The number of aliphatic hydroxyl groups excluding tert-OH is 1. The molecule has 2 amide bonds. The summed E-state index contributed by atoms with van der Waals surface area (Å²) in [5, 5.41) is 22.4. The van der Waals surface area contributed by atoms with Crippen LogP contribution in [0.5, 0.6) is 0 Å². The molecule has 0 saturated carbocycles. The fraction of sp³-hybridized carbons (Fsp3) is 0.500. The van der Waals surface area contributed by atoms with Crippen molar-refractivity contribution in [1.82, 2.24) is 10.6 Å². The number of carboxylic acids is 1. The molecule has 6 nitrogen and oxygen atoms in total. The van der Waals surface area contributed by atoms with Gasteiger partial charge in [0.1, 0.15) is 6.04 Å². The third-order valence-electron chi connectivity index (χ3n) is 2.51. The van der Waals surface area contributed by atoms with Crippen molar-refractivity contribution >= 4 is 23.3 Å². The predicted octanol–water partition coefficient (Wildman–Crippen LogP) is 0.945. The fourth-order valence-corrected chi connectivity index (χ4v) is 2.37. The third-order valence-corrected chi connectivity index (χ3v) is 3.74. The third kappa shape index (κ3) is 5.27. The first-order chi connectivity index (χ1) is 9.06. The number of nitrogens with one attached hydrogen (secondary N) is 2. The molecule has 4 N–H and O–H groups in total. The molecule has 7 heteroatoms. The molecule has 1 rings (SSSR count). The Kier molecular flexibility index (Phi) is 6.31. The van der Waals surface area contributed by atoms with Gasteiger partial charge in [0.25, 0.3) is 0 Å². The lowest BCUT2D eigenvalue weighted by Gasteiger charge is -2.13. The second-order valence-corrected chi connectivity index (χ2v) is 5.20. The maximum absolute atomic E-state index is 11.5. The van der Waals surface area contributed by atoms with Crippen LogP contribution in [0.3, 0.4) is 0 Å². The zero-order valence-corrected chi connectivity index (χ0v) is 11.5. The Morgan fingerprint density at radius 2 is 2.05 bits per heavy atom. The summed E-state index contributed by atoms with van der Waals surface area (Å²) < 4.78 is 0. The van der Waals surface area contributed by atoms with Gasteiger partial charge in [0, 0.05) is 22.8 Å². The summed E-state index contributed by atoms with van der Waals surface area (Å²) in [6, 6.07) is 2.32. The summed E-state index contributed by atoms with van der Waals surface area (Å²) in [6.45, 7) is 2.13. The Balaban J connectivity index is 2.40. The monoisotopic (exact) mass is 286 g/mol. The first-order valence-electron chi connectivity index (χ1n) is 6.02. The van der Waals surface area contributed by atoms with Gasteiger partial charge in [0.05, 0.1) is 6.54 Å². The first-order valence-corrected chi connectivity index (χ1v) is 6.84. The minimum Gasteiger partial charge on any atom is -0.480 e. The number of carbonyl (C=O) groups is 2. The van der Waals surface area contributed by atoms with Gasteiger partial charge < -0.3 is 20.8 Å². The van der Waals surface area contributed by atoms with Crippen molar-refractivity contribution in [2.24, 2.45) is 0 Å². The van der Waals surface area contributed by atoms with E-state index in [-0.39, 0.29) is 13.0 Å². The van der Waals surface area contributed by atoms with Crippen LogP contribution in [0, 0.1) is 0 Å². The van der Waals surface area contributed by atoms with Crippen molar-refractivity contribution in [3.8, 4) is 0 Å². The van der Waals surface area contributed by atoms with Gasteiger partial charge in [-0.05, 0) is 18.6 Å². The van der Waals surface area contributed by atoms with E-state index in [0.717, 1.165) is 11.3 Å². The Morgan fingerprint density at radius 1 is 1.37 bits per heavy atom. The molecule has 0 aromatic carbocycles. The average Bonchev–Trinajstić information content (AvgIpc) is 2.83. The molecular formula is C12H18N2O4S. The Hall–Kier alpha value is -1.60. The van der Waals surface area contributed by atoms with Crippen LogP contribution in [0.2, 0.25) is 0 Å². The van der Waals surface area contributed by atoms with Gasteiger partial charge in [-0.1, -0.05) is 6.92 Å². The van der Waals surface area contributed by atoms with E-state index >= 15 is 0 Å². The van der Waals surface area contributed by atoms with E-state index in [1.807, 2.05) is 12.1 Å². The second kappa shape index (κ2) is 7.75. The number of hydrogen-bond acceptors (Lipinski definition) is 4. The largest absolute Gasteiger partial charge is 0.480 e. The molecule has 0 unspecified atom stereocenters. The molecular weight excluding hydrogens is 268 g/mol. The van der Waals surface area contributed by atoms with Gasteiger partial charge in [0.2, 0.25) is 0 Å². The quantitative estimate of drug-likeness (QED) is 0.599. The van der Waals surface area contributed by atoms with Crippen LogP contribution in [0.15, 0.2) is 12.1 Å². The summed E-state index contributed by atoms with van der Waals surface area (Å²) in [6.07, 6.45) is 0.941. The number of urea groups is 1. The number of aryl methyl sites for hydroxylation is 1. The number of thiophene rings is 1. The molecule has 19 heavy (non-hydrogen) atoms. The molecule has 0 aliphatic carbocycles. The molecule has 0 radical (unpaired) electrons. The maximum atomic E-state index is 11.5. The van der Waals surface area contributed by atoms with E-state index < -0.39 is 18.0 Å². The lowest BCUT2D eigenvalue weighted by atomic mass is 10.2. The van der Waals surface area contributed by atoms with Crippen molar-refractivity contribution in [2.75, 3.05) is 6.61 Å². The van der Waals surface area contributed by atoms with E-state index in [2.05, 4.69) is 17.6 Å². The maximum Gasteiger partial charge on any atom is 0.326 e. The number of hydrogen-bond donors (Lipinski definition) is 4. The van der Waals surface area contributed by atoms with E-state index in [4.69, 9.17) is 10.2 Å². The van der Waals surface area contributed by atoms with Crippen molar-refractivity contribution in [3.63, 3.8) is 0 Å². The van der Waals surface area contributed by atoms with Crippen LogP contribution >= 0.6 is 11.3 Å². The van der Waals surface area contributed by atoms with Crippen LogP contribution in [0.1, 0.15) is 23.1 Å². The standard InChI is InChI=1S/C12H18N2O4S/c1-2-8-3-4-9(19-8)7-13-12(18)14-10(5-6-15)11(16)17/h3-4,10,15H,2,5-7H2,1H3,(H,16,17)(H2,13,14,18)/t10-/m1/s1. The normalized spacial score (nSPS) is 11.9. The second-order valence-electron chi connectivity index (χ2n) is 3.95. The predicted molar refractivity (Wildman–Crippen MR) is 72.2 cm³/mol. The van der Waals surface area contributed by atoms with Gasteiger partial charge in [-0.3, -0.25) is 0 Å². The topological polar surface area (TPSA) is 98.7 Å². The van der Waals surface area contributed by atoms with Crippen LogP contribution in [0.25, 0.3) is 0 Å². The molecule has 1 aromatic heterocycles. The van der Waals surface area contributed by atoms with Crippen LogP contribution in [-0.4, -0.2) is 34.9 Å². The van der Waals surface area contributed by atoms with Gasteiger partial charge in [-0.15, -0.1) is 11.3 Å². The van der Waals surface area contributed by atoms with Gasteiger partial charge in [-0.2, -0.15) is 0 Å². The Bertz CT molecular complexity index is 433. The summed E-state index contributed by atoms with van der Waals surface area (Å²) >= 11 is 1.61. The molecule has 0 aliphatic rings. The van der Waals surface area contributed by atoms with Crippen LogP contribution in [-0.2, 0) is 17.8 Å². The van der Waals surface area contributed by atoms with Crippen LogP contribution < -0.4 is 10.6 Å². The summed E-state index contributed by atoms with van der Waals surface area (Å²) in [5.74, 6) is -1.16. The molecule has 1 heterocycles. The lowest BCUT2D eigenvalue weighted by molar-refractivity contribution is -0.139. The zero-order valence-electron chi connectivity index (χ0n) is 10.7. The Morgan fingerprint density at radius 3 is 2.58 bits per heavy atom. The smallest absolute Gasteiger partial charge is 0.326 e. The number of carbonyl (C=O) groups excluding carboxylic acids is 1. The van der Waals surface area contributed by atoms with Crippen LogP contribution in [0.4, 0.5) is 4.79 Å². The lowest BCUT2D eigenvalue weighted by Crippen LogP contribution is -2.46. The highest BCUT2D eigenvalue weighted by Crippen LogP contribution is 2.16. The van der Waals surface area contributed by atoms with E-state index in [9.17, 15) is 9.59 Å². The number of rotatable bonds is 7. The van der Waals surface area contributed by atoms with Crippen molar-refractivity contribution < 1.29 is 19.8 Å². The minimum atomic E-state index is -1.16. The number of carboxylic acid groups (broad SMARTS) is 1. The van der Waals surface area contributed by atoms with Gasteiger partial charge in [0.15, 0.2) is 0 Å². The minimum absolute atomic E-state index is 0.0122. The average molecular weight is 286 g/mol. The van der Waals surface area contributed by atoms with Crippen molar-refractivity contribution in [1.29, 1.82) is 0 Å². The van der Waals surface area contributed by atoms with E-state index in [0.29, 0.717) is 6.54 Å². The fourth-order valence-electron chi connectivity index (χ4n) is 1.47. The van der Waals surface area contributed by atoms with Gasteiger partial charge >= 0.3 is 12.0 Å². The summed E-state index contributed by atoms with van der Waals surface area (Å²) in [5.41, 5.74) is 0. The number of amides is 2. The number of aliphatic carboxylic acids is 1.